The van der Waals surface area contributed by atoms with E-state index in [1.54, 1.807) is 24.3 Å². The molecule has 8 nitrogen and oxygen atoms in total. The van der Waals surface area contributed by atoms with Gasteiger partial charge in [0.15, 0.2) is 11.8 Å². The number of hydrogen-bond donors (Lipinski definition) is 3. The summed E-state index contributed by atoms with van der Waals surface area (Å²) in [7, 11) is 1.42. The van der Waals surface area contributed by atoms with Crippen molar-refractivity contribution < 1.29 is 37.5 Å². The molecule has 0 radical (unpaired) electrons. The Hall–Kier alpha value is -3.15. The molecule has 0 saturated heterocycles. The average Bonchev–Trinajstić information content (AvgIpc) is 2.78. The molecule has 0 aromatic heterocycles. The molecule has 1 heterocycles. The van der Waals surface area contributed by atoms with Crippen molar-refractivity contribution in [3.8, 4) is 0 Å². The van der Waals surface area contributed by atoms with Gasteiger partial charge < -0.3 is 20.6 Å². The van der Waals surface area contributed by atoms with Crippen LogP contribution in [0.15, 0.2) is 60.8 Å². The van der Waals surface area contributed by atoms with Gasteiger partial charge in [-0.2, -0.15) is 13.2 Å². The van der Waals surface area contributed by atoms with Gasteiger partial charge in [-0.05, 0) is 35.2 Å². The number of likely N-dealkylation sites (N-methyl/N-ethyl adjacent to an activating group) is 1. The van der Waals surface area contributed by atoms with Crippen LogP contribution in [0.25, 0.3) is 0 Å². The van der Waals surface area contributed by atoms with Crippen molar-refractivity contribution in [2.24, 2.45) is 0 Å². The van der Waals surface area contributed by atoms with Crippen LogP contribution in [-0.2, 0) is 27.0 Å². The van der Waals surface area contributed by atoms with E-state index in [9.17, 15) is 37.5 Å². The molecule has 1 aliphatic rings. The molecule has 0 bridgehead atoms. The van der Waals surface area contributed by atoms with Gasteiger partial charge in [0, 0.05) is 19.3 Å². The number of amides is 3. The summed E-state index contributed by atoms with van der Waals surface area (Å²) in [5, 5.41) is 14.1. The third-order valence-electron chi connectivity index (χ3n) is 5.34. The molecule has 0 fully saturated rings. The summed E-state index contributed by atoms with van der Waals surface area (Å²) in [6.07, 6.45) is -2.22. The number of ketones is 1. The molecule has 0 spiro atoms. The zero-order chi connectivity index (χ0) is 25.8. The molecule has 1 aliphatic heterocycles. The first-order chi connectivity index (χ1) is 16.4. The molecule has 2 aromatic carbocycles. The van der Waals surface area contributed by atoms with Crippen LogP contribution in [0.5, 0.6) is 0 Å². The van der Waals surface area contributed by atoms with Crippen LogP contribution in [0.2, 0.25) is 0 Å². The van der Waals surface area contributed by atoms with Crippen LogP contribution in [0.4, 0.5) is 18.0 Å². The number of nitrogens with one attached hydrogen (secondary N) is 2. The Morgan fingerprint density at radius 3 is 2.36 bits per heavy atom. The second-order valence-corrected chi connectivity index (χ2v) is 7.99. The van der Waals surface area contributed by atoms with Gasteiger partial charge in [-0.1, -0.05) is 36.4 Å². The Bertz CT molecular complexity index is 1170. The summed E-state index contributed by atoms with van der Waals surface area (Å²) in [6, 6.07) is 7.95. The van der Waals surface area contributed by atoms with Gasteiger partial charge in [0.05, 0.1) is 18.0 Å². The number of hydrogen-bond acceptors (Lipinski definition) is 4. The molecule has 36 heavy (non-hydrogen) atoms. The van der Waals surface area contributed by atoms with E-state index in [4.69, 9.17) is 0 Å². The number of rotatable bonds is 7. The Morgan fingerprint density at radius 1 is 1.08 bits per heavy atom. The fraction of sp³-hybridized carbons (Fsp3) is 0.250. The second kappa shape index (κ2) is 12.2. The van der Waals surface area contributed by atoms with E-state index in [1.807, 2.05) is 0 Å². The fourth-order valence-corrected chi connectivity index (χ4v) is 3.54. The summed E-state index contributed by atoms with van der Waals surface area (Å²) in [5.41, 5.74) is 0.972. The third kappa shape index (κ3) is 7.67. The maximum absolute atomic E-state index is 12.8. The van der Waals surface area contributed by atoms with E-state index in [1.165, 1.54) is 25.4 Å². The van der Waals surface area contributed by atoms with E-state index in [0.717, 1.165) is 23.1 Å². The van der Waals surface area contributed by atoms with E-state index < -0.39 is 53.9 Å². The zero-order valence-electron chi connectivity index (χ0n) is 18.5. The summed E-state index contributed by atoms with van der Waals surface area (Å²) in [6.45, 7) is 0. The van der Waals surface area contributed by atoms with E-state index >= 15 is 0 Å². The van der Waals surface area contributed by atoms with Gasteiger partial charge in [0.1, 0.15) is 0 Å². The molecular weight excluding hydrogens is 490 g/mol. The Balaban J connectivity index is 0.00000456. The van der Waals surface area contributed by atoms with Crippen molar-refractivity contribution in [2.45, 2.75) is 31.1 Å². The van der Waals surface area contributed by atoms with Crippen LogP contribution in [0.3, 0.4) is 0 Å². The monoisotopic (exact) mass is 513 g/mol. The van der Waals surface area contributed by atoms with Crippen molar-refractivity contribution in [3.05, 3.63) is 83.1 Å². The fourth-order valence-electron chi connectivity index (χ4n) is 3.54. The number of carboxylic acid groups (broad SMARTS) is 1. The first-order valence-electron chi connectivity index (χ1n) is 10.5. The summed E-state index contributed by atoms with van der Waals surface area (Å²) in [4.78, 5) is 49.2. The molecule has 3 amide bonds. The molecule has 0 aliphatic carbocycles. The SMILES string of the molecule is CN1C=CC(=O)C(NC(=O)NC(CC(=O)O)c2cccc(Cc3ccc(C(F)(F)F)cc3)c2)C1=O.[NaH]. The van der Waals surface area contributed by atoms with Gasteiger partial charge in [-0.15, -0.1) is 0 Å². The molecule has 2 aromatic rings. The number of halogens is 3. The van der Waals surface area contributed by atoms with Crippen molar-refractivity contribution in [1.82, 2.24) is 15.5 Å². The van der Waals surface area contributed by atoms with E-state index in [0.29, 0.717) is 16.7 Å². The van der Waals surface area contributed by atoms with Crippen LogP contribution >= 0.6 is 0 Å². The van der Waals surface area contributed by atoms with Crippen molar-refractivity contribution in [2.75, 3.05) is 7.05 Å². The van der Waals surface area contributed by atoms with Gasteiger partial charge in [0.25, 0.3) is 5.91 Å². The van der Waals surface area contributed by atoms with Gasteiger partial charge in [-0.25, -0.2) is 4.79 Å². The van der Waals surface area contributed by atoms with Gasteiger partial charge in [-0.3, -0.25) is 14.4 Å². The first kappa shape index (κ1) is 29.1. The quantitative estimate of drug-likeness (QED) is 0.389. The second-order valence-electron chi connectivity index (χ2n) is 7.99. The number of carbonyl (C=O) groups is 4. The standard InChI is InChI=1S/C24H22F3N3O5.Na.H/c1-30-10-9-19(31)21(22(30)34)29-23(35)28-18(13-20(32)33)16-4-2-3-15(12-16)11-14-5-7-17(8-6-14)24(25,26)27;;/h2-10,12,18,21H,11,13H2,1H3,(H,32,33)(H2,28,29,35);;. The first-order valence-corrected chi connectivity index (χ1v) is 10.5. The molecule has 2 unspecified atom stereocenters. The molecule has 2 atom stereocenters. The predicted molar refractivity (Wildman–Crippen MR) is 125 cm³/mol. The minimum absolute atomic E-state index is 0. The average molecular weight is 513 g/mol. The maximum atomic E-state index is 12.8. The van der Waals surface area contributed by atoms with Gasteiger partial charge in [0.2, 0.25) is 0 Å². The number of carbonyl (C=O) groups excluding carboxylic acids is 3. The number of alkyl halides is 3. The predicted octanol–water partition coefficient (Wildman–Crippen LogP) is 2.39. The molecular formula is C24H23F3N3NaO5. The third-order valence-corrected chi connectivity index (χ3v) is 5.34. The van der Waals surface area contributed by atoms with Crippen molar-refractivity contribution in [3.63, 3.8) is 0 Å². The summed E-state index contributed by atoms with van der Waals surface area (Å²) >= 11 is 0. The van der Waals surface area contributed by atoms with Crippen LogP contribution in [0, 0.1) is 0 Å². The Labute approximate surface area is 226 Å². The minimum atomic E-state index is -4.44. The van der Waals surface area contributed by atoms with E-state index in [-0.39, 0.29) is 36.0 Å². The zero-order valence-corrected chi connectivity index (χ0v) is 18.5. The van der Waals surface area contributed by atoms with E-state index in [2.05, 4.69) is 10.6 Å². The topological polar surface area (TPSA) is 116 Å². The molecule has 3 N–H and O–H groups in total. The van der Waals surface area contributed by atoms with Crippen LogP contribution in [0.1, 0.15) is 34.7 Å². The Kier molecular flexibility index (Phi) is 9.85. The summed E-state index contributed by atoms with van der Waals surface area (Å²) < 4.78 is 38.3. The molecule has 186 valence electrons. The molecule has 12 heteroatoms. The number of nitrogens with zero attached hydrogens (tertiary/aromatic N) is 1. The summed E-state index contributed by atoms with van der Waals surface area (Å²) in [5.74, 6) is -2.45. The normalized spacial score (nSPS) is 16.2. The molecule has 0 saturated carbocycles. The number of carboxylic acids is 1. The van der Waals surface area contributed by atoms with Crippen LogP contribution < -0.4 is 10.6 Å². The van der Waals surface area contributed by atoms with Crippen molar-refractivity contribution >= 4 is 53.2 Å². The number of urea groups is 1. The van der Waals surface area contributed by atoms with Crippen molar-refractivity contribution in [1.29, 1.82) is 0 Å². The Morgan fingerprint density at radius 2 is 1.75 bits per heavy atom. The number of benzene rings is 2. The molecule has 3 rings (SSSR count). The number of aliphatic carboxylic acids is 1. The van der Waals surface area contributed by atoms with Crippen LogP contribution in [-0.4, -0.2) is 76.3 Å². The van der Waals surface area contributed by atoms with Gasteiger partial charge >= 0.3 is 47.7 Å².